The molecule has 4 N–H and O–H groups in total. The van der Waals surface area contributed by atoms with E-state index in [0.717, 1.165) is 0 Å². The summed E-state index contributed by atoms with van der Waals surface area (Å²) in [5, 5.41) is 11.6. The number of nitrogens with two attached hydrogens (primary N) is 1. The summed E-state index contributed by atoms with van der Waals surface area (Å²) in [4.78, 5) is 33.8. The van der Waals surface area contributed by atoms with E-state index < -0.39 is 23.2 Å². The zero-order chi connectivity index (χ0) is 14.2. The topological polar surface area (TPSA) is 109 Å². The largest absolute Gasteiger partial charge is 0.480 e. The van der Waals surface area contributed by atoms with Crippen molar-refractivity contribution in [2.75, 3.05) is 5.32 Å². The van der Waals surface area contributed by atoms with E-state index in [4.69, 9.17) is 22.4 Å². The smallest absolute Gasteiger partial charge is 0.319 e. The molecule has 2 rings (SSSR count). The normalized spacial score (nSPS) is 15.6. The standard InChI is InChI=1S/C12H11ClN2O4/c13-8-5-6(1-2-7(8)9(14)16)15-10(17)12(3-4-12)11(18)19/h1-2,5H,3-4H2,(H2,14,16)(H,15,17)(H,18,19). The van der Waals surface area contributed by atoms with Crippen LogP contribution in [0, 0.1) is 5.41 Å². The summed E-state index contributed by atoms with van der Waals surface area (Å²) in [6.07, 6.45) is 0.641. The first-order valence-electron chi connectivity index (χ1n) is 5.51. The van der Waals surface area contributed by atoms with Crippen LogP contribution in [0.5, 0.6) is 0 Å². The number of benzene rings is 1. The Morgan fingerprint density at radius 3 is 2.37 bits per heavy atom. The Bertz CT molecular complexity index is 581. The number of anilines is 1. The van der Waals surface area contributed by atoms with Crippen molar-refractivity contribution in [3.63, 3.8) is 0 Å². The number of amides is 2. The monoisotopic (exact) mass is 282 g/mol. The fourth-order valence-corrected chi connectivity index (χ4v) is 1.98. The Labute approximate surface area is 113 Å². The van der Waals surface area contributed by atoms with Crippen molar-refractivity contribution in [3.05, 3.63) is 28.8 Å². The average molecular weight is 283 g/mol. The Kier molecular flexibility index (Phi) is 3.20. The first kappa shape index (κ1) is 13.4. The third-order valence-electron chi connectivity index (χ3n) is 3.09. The summed E-state index contributed by atoms with van der Waals surface area (Å²) in [6.45, 7) is 0. The molecule has 0 spiro atoms. The van der Waals surface area contributed by atoms with E-state index in [1.165, 1.54) is 18.2 Å². The minimum Gasteiger partial charge on any atom is -0.480 e. The Morgan fingerprint density at radius 1 is 1.32 bits per heavy atom. The lowest BCUT2D eigenvalue weighted by molar-refractivity contribution is -0.147. The molecule has 2 amide bonds. The van der Waals surface area contributed by atoms with Gasteiger partial charge in [0.15, 0.2) is 0 Å². The van der Waals surface area contributed by atoms with Gasteiger partial charge in [0.05, 0.1) is 10.6 Å². The molecule has 1 aliphatic carbocycles. The first-order chi connectivity index (χ1) is 8.86. The third kappa shape index (κ3) is 2.39. The van der Waals surface area contributed by atoms with Gasteiger partial charge in [0.1, 0.15) is 5.41 Å². The predicted molar refractivity (Wildman–Crippen MR) is 67.9 cm³/mol. The quantitative estimate of drug-likeness (QED) is 0.722. The van der Waals surface area contributed by atoms with Crippen LogP contribution in [0.4, 0.5) is 5.69 Å². The lowest BCUT2D eigenvalue weighted by atomic mass is 10.1. The fraction of sp³-hybridized carbons (Fsp3) is 0.250. The molecule has 0 atom stereocenters. The molecule has 100 valence electrons. The van der Waals surface area contributed by atoms with Crippen LogP contribution in [-0.2, 0) is 9.59 Å². The molecule has 1 saturated carbocycles. The van der Waals surface area contributed by atoms with Gasteiger partial charge in [-0.05, 0) is 31.0 Å². The number of halogens is 1. The summed E-state index contributed by atoms with van der Waals surface area (Å²) in [5.41, 5.74) is 4.24. The number of carboxylic acids is 1. The molecular weight excluding hydrogens is 272 g/mol. The summed E-state index contributed by atoms with van der Waals surface area (Å²) < 4.78 is 0. The number of aliphatic carboxylic acids is 1. The number of hydrogen-bond acceptors (Lipinski definition) is 3. The highest BCUT2D eigenvalue weighted by Gasteiger charge is 2.57. The minimum atomic E-state index is -1.32. The van der Waals surface area contributed by atoms with E-state index in [1.54, 1.807) is 0 Å². The first-order valence-corrected chi connectivity index (χ1v) is 5.89. The minimum absolute atomic E-state index is 0.102. The van der Waals surface area contributed by atoms with Gasteiger partial charge >= 0.3 is 5.97 Å². The van der Waals surface area contributed by atoms with Crippen LogP contribution < -0.4 is 11.1 Å². The van der Waals surface area contributed by atoms with Crippen molar-refractivity contribution in [2.45, 2.75) is 12.8 Å². The molecule has 0 saturated heterocycles. The van der Waals surface area contributed by atoms with E-state index >= 15 is 0 Å². The molecule has 0 radical (unpaired) electrons. The van der Waals surface area contributed by atoms with Crippen LogP contribution in [0.1, 0.15) is 23.2 Å². The third-order valence-corrected chi connectivity index (χ3v) is 3.40. The Morgan fingerprint density at radius 2 is 1.95 bits per heavy atom. The Hall–Kier alpha value is -2.08. The second kappa shape index (κ2) is 4.55. The number of carboxylic acid groups (broad SMARTS) is 1. The molecule has 0 aliphatic heterocycles. The van der Waals surface area contributed by atoms with Crippen LogP contribution in [0.3, 0.4) is 0 Å². The molecule has 0 unspecified atom stereocenters. The maximum atomic E-state index is 11.8. The van der Waals surface area contributed by atoms with E-state index in [1.807, 2.05) is 0 Å². The van der Waals surface area contributed by atoms with Crippen molar-refractivity contribution in [3.8, 4) is 0 Å². The van der Waals surface area contributed by atoms with Crippen molar-refractivity contribution < 1.29 is 19.5 Å². The molecule has 7 heteroatoms. The molecule has 0 aromatic heterocycles. The highest BCUT2D eigenvalue weighted by atomic mass is 35.5. The number of carbonyl (C=O) groups is 3. The van der Waals surface area contributed by atoms with E-state index in [0.29, 0.717) is 18.5 Å². The summed E-state index contributed by atoms with van der Waals surface area (Å²) >= 11 is 5.83. The number of primary amides is 1. The van der Waals surface area contributed by atoms with Gasteiger partial charge < -0.3 is 16.2 Å². The van der Waals surface area contributed by atoms with Crippen molar-refractivity contribution >= 4 is 35.1 Å². The fourth-order valence-electron chi connectivity index (χ4n) is 1.71. The van der Waals surface area contributed by atoms with Gasteiger partial charge in [0.25, 0.3) is 0 Å². The number of rotatable bonds is 4. The van der Waals surface area contributed by atoms with E-state index in [-0.39, 0.29) is 10.6 Å². The molecule has 6 nitrogen and oxygen atoms in total. The molecule has 19 heavy (non-hydrogen) atoms. The highest BCUT2D eigenvalue weighted by Crippen LogP contribution is 2.46. The van der Waals surface area contributed by atoms with Crippen molar-refractivity contribution in [2.24, 2.45) is 11.1 Å². The van der Waals surface area contributed by atoms with Crippen molar-refractivity contribution in [1.29, 1.82) is 0 Å². The molecule has 1 aliphatic rings. The summed E-state index contributed by atoms with van der Waals surface area (Å²) in [5.74, 6) is -2.39. The summed E-state index contributed by atoms with van der Waals surface area (Å²) in [6, 6.07) is 4.18. The van der Waals surface area contributed by atoms with Crippen LogP contribution in [0.25, 0.3) is 0 Å². The van der Waals surface area contributed by atoms with Gasteiger partial charge in [0, 0.05) is 5.69 Å². The predicted octanol–water partition coefficient (Wildman–Crippen LogP) is 1.24. The van der Waals surface area contributed by atoms with Gasteiger partial charge in [-0.2, -0.15) is 0 Å². The van der Waals surface area contributed by atoms with Gasteiger partial charge in [-0.25, -0.2) is 0 Å². The maximum absolute atomic E-state index is 11.8. The zero-order valence-electron chi connectivity index (χ0n) is 9.77. The Balaban J connectivity index is 2.17. The zero-order valence-corrected chi connectivity index (χ0v) is 10.5. The molecule has 0 heterocycles. The molecule has 1 aromatic rings. The molecular formula is C12H11ClN2O4. The highest BCUT2D eigenvalue weighted by molar-refractivity contribution is 6.34. The molecule has 1 fully saturated rings. The van der Waals surface area contributed by atoms with Crippen LogP contribution >= 0.6 is 11.6 Å². The van der Waals surface area contributed by atoms with Gasteiger partial charge in [-0.1, -0.05) is 11.6 Å². The van der Waals surface area contributed by atoms with Crippen molar-refractivity contribution in [1.82, 2.24) is 0 Å². The van der Waals surface area contributed by atoms with Crippen LogP contribution in [0.15, 0.2) is 18.2 Å². The summed E-state index contributed by atoms with van der Waals surface area (Å²) in [7, 11) is 0. The number of carbonyl (C=O) groups excluding carboxylic acids is 2. The number of nitrogens with one attached hydrogen (secondary N) is 1. The van der Waals surface area contributed by atoms with Crippen LogP contribution in [0.2, 0.25) is 5.02 Å². The molecule has 1 aromatic carbocycles. The van der Waals surface area contributed by atoms with E-state index in [2.05, 4.69) is 5.32 Å². The van der Waals surface area contributed by atoms with Gasteiger partial charge in [-0.15, -0.1) is 0 Å². The lowest BCUT2D eigenvalue weighted by Crippen LogP contribution is -2.31. The van der Waals surface area contributed by atoms with Gasteiger partial charge in [-0.3, -0.25) is 14.4 Å². The maximum Gasteiger partial charge on any atom is 0.319 e. The second-order valence-corrected chi connectivity index (χ2v) is 4.81. The number of hydrogen-bond donors (Lipinski definition) is 3. The van der Waals surface area contributed by atoms with Crippen LogP contribution in [-0.4, -0.2) is 22.9 Å². The lowest BCUT2D eigenvalue weighted by Gasteiger charge is -2.11. The average Bonchev–Trinajstić information content (AvgIpc) is 3.09. The van der Waals surface area contributed by atoms with E-state index in [9.17, 15) is 14.4 Å². The SMILES string of the molecule is NC(=O)c1ccc(NC(=O)C2(C(=O)O)CC2)cc1Cl. The molecule has 0 bridgehead atoms. The van der Waals surface area contributed by atoms with Gasteiger partial charge in [0.2, 0.25) is 11.8 Å². The second-order valence-electron chi connectivity index (χ2n) is 4.40.